The third kappa shape index (κ3) is 11.8. The van der Waals surface area contributed by atoms with Crippen LogP contribution in [0.5, 0.6) is 0 Å². The van der Waals surface area contributed by atoms with Gasteiger partial charge in [-0.2, -0.15) is 0 Å². The molecular formula is C22H41NO4S. The van der Waals surface area contributed by atoms with Gasteiger partial charge in [-0.15, -0.1) is 0 Å². The maximum Gasteiger partial charge on any atom is 0.124 e. The molecule has 1 N–H and O–H groups in total. The molecule has 0 heterocycles. The maximum atomic E-state index is 10.4. The maximum absolute atomic E-state index is 10.4. The Morgan fingerprint density at radius 1 is 0.821 bits per heavy atom. The molecule has 0 saturated carbocycles. The Morgan fingerprint density at radius 2 is 1.29 bits per heavy atom. The van der Waals surface area contributed by atoms with Crippen LogP contribution < -0.4 is 0 Å². The van der Waals surface area contributed by atoms with Gasteiger partial charge in [0.25, 0.3) is 0 Å². The first-order valence-corrected chi connectivity index (χ1v) is 12.1. The Morgan fingerprint density at radius 3 is 1.68 bits per heavy atom. The van der Waals surface area contributed by atoms with Crippen LogP contribution in [0.2, 0.25) is 0 Å². The number of quaternary nitrogens is 1. The van der Waals surface area contributed by atoms with E-state index in [4.69, 9.17) is 0 Å². The lowest BCUT2D eigenvalue weighted by molar-refractivity contribution is -0.929. The van der Waals surface area contributed by atoms with E-state index in [2.05, 4.69) is 20.8 Å². The van der Waals surface area contributed by atoms with Gasteiger partial charge in [-0.05, 0) is 44.7 Å². The lowest BCUT2D eigenvalue weighted by atomic mass is 10.1. The zero-order valence-electron chi connectivity index (χ0n) is 18.3. The summed E-state index contributed by atoms with van der Waals surface area (Å²) in [7, 11) is -4.27. The van der Waals surface area contributed by atoms with Gasteiger partial charge < -0.3 is 14.1 Å². The molecule has 0 aliphatic heterocycles. The second-order valence-corrected chi connectivity index (χ2v) is 9.02. The number of unbranched alkanes of at least 4 members (excludes halogenated alkanes) is 4. The fourth-order valence-corrected chi connectivity index (χ4v) is 3.74. The van der Waals surface area contributed by atoms with Crippen molar-refractivity contribution in [2.75, 3.05) is 32.8 Å². The van der Waals surface area contributed by atoms with Crippen LogP contribution in [0.4, 0.5) is 0 Å². The summed E-state index contributed by atoms with van der Waals surface area (Å²) in [5.41, 5.74) is 0.928. The van der Waals surface area contributed by atoms with Crippen molar-refractivity contribution in [3.05, 3.63) is 29.8 Å². The first-order chi connectivity index (χ1) is 13.2. The van der Waals surface area contributed by atoms with Crippen molar-refractivity contribution in [1.29, 1.82) is 0 Å². The van der Waals surface area contributed by atoms with Gasteiger partial charge in [0.05, 0.1) is 31.1 Å². The van der Waals surface area contributed by atoms with Gasteiger partial charge in [-0.1, -0.05) is 57.7 Å². The Labute approximate surface area is 173 Å². The molecule has 0 aromatic heterocycles. The number of aliphatic hydroxyl groups excluding tert-OH is 1. The summed E-state index contributed by atoms with van der Waals surface area (Å²) in [5, 5.41) is 9.34. The summed E-state index contributed by atoms with van der Waals surface area (Å²) in [6.45, 7) is 13.7. The van der Waals surface area contributed by atoms with Crippen LogP contribution in [-0.4, -0.2) is 55.3 Å². The van der Waals surface area contributed by atoms with E-state index in [9.17, 15) is 18.1 Å². The van der Waals surface area contributed by atoms with E-state index < -0.39 is 10.1 Å². The second kappa shape index (κ2) is 15.0. The van der Waals surface area contributed by atoms with E-state index >= 15 is 0 Å². The summed E-state index contributed by atoms with van der Waals surface area (Å²) < 4.78 is 32.3. The first-order valence-electron chi connectivity index (χ1n) is 10.7. The molecule has 0 bridgehead atoms. The second-order valence-electron chi connectivity index (χ2n) is 7.64. The Hall–Kier alpha value is -0.950. The van der Waals surface area contributed by atoms with Gasteiger partial charge in [0.15, 0.2) is 0 Å². The van der Waals surface area contributed by atoms with Gasteiger partial charge in [0, 0.05) is 0 Å². The molecule has 1 aromatic rings. The van der Waals surface area contributed by atoms with E-state index in [1.807, 2.05) is 6.92 Å². The summed E-state index contributed by atoms with van der Waals surface area (Å²) >= 11 is 0. The third-order valence-electron chi connectivity index (χ3n) is 5.09. The van der Waals surface area contributed by atoms with Crippen LogP contribution in [0.3, 0.4) is 0 Å². The predicted molar refractivity (Wildman–Crippen MR) is 115 cm³/mol. The SMILES string of the molecule is CCCCC[N+](CCO)(CCCC)CCCC.Cc1ccc(S(=O)(=O)[O-])cc1. The minimum absolute atomic E-state index is 0.178. The van der Waals surface area contributed by atoms with Crippen LogP contribution in [0, 0.1) is 6.92 Å². The van der Waals surface area contributed by atoms with E-state index in [0.29, 0.717) is 6.61 Å². The Bertz CT molecular complexity index is 591. The average molecular weight is 416 g/mol. The zero-order valence-corrected chi connectivity index (χ0v) is 19.1. The minimum Gasteiger partial charge on any atom is -0.744 e. The summed E-state index contributed by atoms with van der Waals surface area (Å²) in [4.78, 5) is -0.178. The Balaban J connectivity index is 0.000000567. The minimum atomic E-state index is -4.27. The lowest BCUT2D eigenvalue weighted by Gasteiger charge is -2.38. The van der Waals surface area contributed by atoms with Crippen LogP contribution >= 0.6 is 0 Å². The number of nitrogens with zero attached hydrogens (tertiary/aromatic N) is 1. The topological polar surface area (TPSA) is 77.4 Å². The summed E-state index contributed by atoms with van der Waals surface area (Å²) in [5.74, 6) is 0. The molecule has 5 nitrogen and oxygen atoms in total. The summed E-state index contributed by atoms with van der Waals surface area (Å²) in [6.07, 6.45) is 9.09. The smallest absolute Gasteiger partial charge is 0.124 e. The Kier molecular flexibility index (Phi) is 14.5. The highest BCUT2D eigenvalue weighted by Crippen LogP contribution is 2.15. The van der Waals surface area contributed by atoms with Crippen molar-refractivity contribution in [2.24, 2.45) is 0 Å². The molecule has 0 atom stereocenters. The molecule has 0 saturated heterocycles. The molecule has 6 heteroatoms. The van der Waals surface area contributed by atoms with E-state index in [0.717, 1.165) is 16.6 Å². The van der Waals surface area contributed by atoms with Crippen molar-refractivity contribution in [3.63, 3.8) is 0 Å². The highest BCUT2D eigenvalue weighted by atomic mass is 32.2. The number of rotatable bonds is 13. The molecule has 1 aromatic carbocycles. The standard InChI is InChI=1S/C15H34NO.C7H8O3S/c1-4-7-10-13-16(14-15-17,11-8-5-2)12-9-6-3;1-6-2-4-7(5-3-6)11(8,9)10/h17H,4-15H2,1-3H3;2-5H,1H3,(H,8,9,10)/q+1;/p-1. The largest absolute Gasteiger partial charge is 0.744 e. The van der Waals surface area contributed by atoms with Gasteiger partial charge >= 0.3 is 0 Å². The normalized spacial score (nSPS) is 11.8. The van der Waals surface area contributed by atoms with Crippen molar-refractivity contribution in [1.82, 2.24) is 0 Å². The van der Waals surface area contributed by atoms with Crippen molar-refractivity contribution in [3.8, 4) is 0 Å². The molecule has 28 heavy (non-hydrogen) atoms. The third-order valence-corrected chi connectivity index (χ3v) is 5.94. The van der Waals surface area contributed by atoms with Gasteiger partial charge in [0.1, 0.15) is 16.7 Å². The number of aryl methyl sites for hydroxylation is 1. The van der Waals surface area contributed by atoms with Crippen molar-refractivity contribution in [2.45, 2.75) is 77.5 Å². The van der Waals surface area contributed by atoms with Gasteiger partial charge in [-0.25, -0.2) is 8.42 Å². The van der Waals surface area contributed by atoms with Crippen LogP contribution in [0.1, 0.15) is 71.3 Å². The fourth-order valence-electron chi connectivity index (χ4n) is 3.27. The molecule has 0 aliphatic carbocycles. The number of hydrogen-bond donors (Lipinski definition) is 1. The summed E-state index contributed by atoms with van der Waals surface area (Å²) in [6, 6.07) is 5.78. The molecule has 0 unspecified atom stereocenters. The van der Waals surface area contributed by atoms with Gasteiger partial charge in [0.2, 0.25) is 0 Å². The highest BCUT2D eigenvalue weighted by Gasteiger charge is 2.24. The lowest BCUT2D eigenvalue weighted by Crippen LogP contribution is -2.51. The monoisotopic (exact) mass is 415 g/mol. The first kappa shape index (κ1) is 27.0. The molecule has 1 rings (SSSR count). The number of aliphatic hydroxyl groups is 1. The average Bonchev–Trinajstić information content (AvgIpc) is 2.65. The van der Waals surface area contributed by atoms with Crippen LogP contribution in [0.15, 0.2) is 29.2 Å². The van der Waals surface area contributed by atoms with Crippen molar-refractivity contribution >= 4 is 10.1 Å². The molecule has 0 spiro atoms. The quantitative estimate of drug-likeness (QED) is 0.293. The number of hydrogen-bond acceptors (Lipinski definition) is 4. The molecule has 0 aliphatic rings. The van der Waals surface area contributed by atoms with Crippen LogP contribution in [-0.2, 0) is 10.1 Å². The zero-order chi connectivity index (χ0) is 21.5. The molecule has 0 amide bonds. The molecule has 164 valence electrons. The molecule has 0 radical (unpaired) electrons. The highest BCUT2D eigenvalue weighted by molar-refractivity contribution is 7.85. The van der Waals surface area contributed by atoms with E-state index in [-0.39, 0.29) is 4.90 Å². The van der Waals surface area contributed by atoms with Crippen molar-refractivity contribution < 1.29 is 22.6 Å². The van der Waals surface area contributed by atoms with E-state index in [1.54, 1.807) is 12.1 Å². The van der Waals surface area contributed by atoms with Gasteiger partial charge in [-0.3, -0.25) is 0 Å². The van der Waals surface area contributed by atoms with Crippen LogP contribution in [0.25, 0.3) is 0 Å². The number of benzene rings is 1. The molecule has 0 fully saturated rings. The predicted octanol–water partition coefficient (Wildman–Crippen LogP) is 4.49. The fraction of sp³-hybridized carbons (Fsp3) is 0.727. The molecular weight excluding hydrogens is 374 g/mol. The van der Waals surface area contributed by atoms with E-state index in [1.165, 1.54) is 76.7 Å².